The number of aromatic nitrogens is 1. The highest BCUT2D eigenvalue weighted by atomic mass is 32.1. The molecule has 4 rings (SSSR count). The Kier molecular flexibility index (Phi) is 5.79. The number of thiazole rings is 1. The lowest BCUT2D eigenvalue weighted by molar-refractivity contribution is -0.136. The molecule has 1 fully saturated rings. The van der Waals surface area contributed by atoms with Gasteiger partial charge in [0.05, 0.1) is 28.5 Å². The Hall–Kier alpha value is -3.90. The predicted molar refractivity (Wildman–Crippen MR) is 121 cm³/mol. The van der Waals surface area contributed by atoms with Crippen molar-refractivity contribution in [2.24, 2.45) is 5.10 Å². The fraction of sp³-hybridized carbons (Fsp3) is 0.217. The molecule has 1 aromatic heterocycles. The van der Waals surface area contributed by atoms with E-state index in [9.17, 15) is 14.4 Å². The van der Waals surface area contributed by atoms with Crippen molar-refractivity contribution >= 4 is 50.6 Å². The number of hydrogen-bond acceptors (Lipinski definition) is 7. The van der Waals surface area contributed by atoms with E-state index in [-0.39, 0.29) is 13.0 Å². The zero-order valence-corrected chi connectivity index (χ0v) is 18.3. The van der Waals surface area contributed by atoms with Gasteiger partial charge in [-0.3, -0.25) is 19.3 Å². The number of benzene rings is 2. The minimum atomic E-state index is -0.997. The molecule has 0 spiro atoms. The van der Waals surface area contributed by atoms with E-state index in [0.717, 1.165) is 21.3 Å². The minimum Gasteiger partial charge on any atom is -0.300 e. The molecule has 1 unspecified atom stereocenters. The molecule has 2 heterocycles. The summed E-state index contributed by atoms with van der Waals surface area (Å²) in [6.07, 6.45) is -0.365. The van der Waals surface area contributed by atoms with Crippen LogP contribution in [0, 0.1) is 25.2 Å². The van der Waals surface area contributed by atoms with Gasteiger partial charge < -0.3 is 0 Å². The van der Waals surface area contributed by atoms with Crippen molar-refractivity contribution in [3.05, 3.63) is 58.6 Å². The number of aryl methyl sites for hydroxylation is 2. The molecular formula is C23H19N5O3S. The van der Waals surface area contributed by atoms with Crippen LogP contribution >= 0.6 is 11.3 Å². The number of amides is 2. The lowest BCUT2D eigenvalue weighted by Gasteiger charge is -2.32. The predicted octanol–water partition coefficient (Wildman–Crippen LogP) is 3.00. The Bertz CT molecular complexity index is 1290. The first kappa shape index (κ1) is 21.3. The Morgan fingerprint density at radius 1 is 1.28 bits per heavy atom. The largest absolute Gasteiger partial charge is 0.300 e. The maximum Gasteiger partial charge on any atom is 0.295 e. The molecule has 0 aliphatic carbocycles. The van der Waals surface area contributed by atoms with Crippen molar-refractivity contribution in [1.29, 1.82) is 5.26 Å². The second-order valence-electron chi connectivity index (χ2n) is 7.47. The van der Waals surface area contributed by atoms with Crippen LogP contribution in [-0.4, -0.2) is 34.8 Å². The van der Waals surface area contributed by atoms with Gasteiger partial charge in [-0.1, -0.05) is 24.3 Å². The van der Waals surface area contributed by atoms with Crippen LogP contribution in [0.5, 0.6) is 0 Å². The van der Waals surface area contributed by atoms with Gasteiger partial charge in [0.15, 0.2) is 0 Å². The van der Waals surface area contributed by atoms with Crippen LogP contribution in [0.25, 0.3) is 10.2 Å². The van der Waals surface area contributed by atoms with Crippen molar-refractivity contribution in [3.63, 3.8) is 0 Å². The van der Waals surface area contributed by atoms with E-state index in [1.54, 1.807) is 6.07 Å². The lowest BCUT2D eigenvalue weighted by Crippen LogP contribution is -2.51. The van der Waals surface area contributed by atoms with Crippen LogP contribution in [0.15, 0.2) is 47.6 Å². The first-order valence-corrected chi connectivity index (χ1v) is 10.7. The number of carbonyl (C=O) groups excluding carboxylic acids is 3. The zero-order chi connectivity index (χ0) is 22.8. The minimum absolute atomic E-state index is 0.0162. The summed E-state index contributed by atoms with van der Waals surface area (Å²) in [6, 6.07) is 14.8. The molecule has 1 atom stereocenters. The third-order valence-corrected chi connectivity index (χ3v) is 6.25. The molecule has 2 amide bonds. The summed E-state index contributed by atoms with van der Waals surface area (Å²) in [6.45, 7) is 3.78. The molecule has 0 radical (unpaired) electrons. The van der Waals surface area contributed by atoms with Crippen molar-refractivity contribution in [2.45, 2.75) is 26.2 Å². The van der Waals surface area contributed by atoms with Gasteiger partial charge in [-0.05, 0) is 43.2 Å². The number of Topliss-reactive ketones (excluding diaryl/α,β-unsaturated/α-hetero) is 1. The second kappa shape index (κ2) is 8.69. The summed E-state index contributed by atoms with van der Waals surface area (Å²) in [7, 11) is 0. The van der Waals surface area contributed by atoms with E-state index in [4.69, 9.17) is 5.26 Å². The smallest absolute Gasteiger partial charge is 0.295 e. The summed E-state index contributed by atoms with van der Waals surface area (Å²) in [5.41, 5.74) is 5.74. The second-order valence-corrected chi connectivity index (χ2v) is 8.53. The summed E-state index contributed by atoms with van der Waals surface area (Å²) >= 11 is 1.31. The molecule has 8 nitrogen and oxygen atoms in total. The average Bonchev–Trinajstić information content (AvgIpc) is 3.20. The molecule has 3 aromatic rings. The summed E-state index contributed by atoms with van der Waals surface area (Å²) < 4.78 is 0.882. The summed E-state index contributed by atoms with van der Waals surface area (Å²) in [5.74, 6) is -2.90. The van der Waals surface area contributed by atoms with Gasteiger partial charge >= 0.3 is 0 Å². The highest BCUT2D eigenvalue weighted by Crippen LogP contribution is 2.34. The molecule has 1 N–H and O–H groups in total. The topological polar surface area (TPSA) is 116 Å². The van der Waals surface area contributed by atoms with Gasteiger partial charge in [-0.25, -0.2) is 10.4 Å². The van der Waals surface area contributed by atoms with Crippen molar-refractivity contribution < 1.29 is 14.4 Å². The monoisotopic (exact) mass is 445 g/mol. The van der Waals surface area contributed by atoms with Crippen LogP contribution in [0.1, 0.15) is 28.5 Å². The number of hydrogen-bond donors (Lipinski definition) is 1. The maximum atomic E-state index is 13.3. The standard InChI is InChI=1S/C23H19N5O3S/c1-13-7-8-14(2)17(11-13)28-12-16(26-27-19(29)9-10-24)20(21(30)23(28)31)22-25-15-5-3-4-6-18(15)32-22/h3-8,11,20H,9,12H2,1-2H3,(H,27,29)/b26-16-. The number of para-hydroxylation sites is 1. The SMILES string of the molecule is Cc1ccc(C)c(N2C/C(=N/NC(=O)CC#N)C(c3nc4ccccc4s3)C(=O)C2=O)c1. The molecule has 2 aromatic carbocycles. The molecule has 0 saturated carbocycles. The Labute approximate surface area is 188 Å². The van der Waals surface area contributed by atoms with Gasteiger partial charge in [-0.15, -0.1) is 11.3 Å². The van der Waals surface area contributed by atoms with E-state index in [2.05, 4.69) is 15.5 Å². The van der Waals surface area contributed by atoms with Gasteiger partial charge in [-0.2, -0.15) is 10.4 Å². The molecule has 9 heteroatoms. The Balaban J connectivity index is 1.78. The molecule has 32 heavy (non-hydrogen) atoms. The van der Waals surface area contributed by atoms with Crippen molar-refractivity contribution in [2.75, 3.05) is 11.4 Å². The van der Waals surface area contributed by atoms with Crippen LogP contribution in [-0.2, 0) is 14.4 Å². The number of anilines is 1. The lowest BCUT2D eigenvalue weighted by atomic mass is 9.92. The van der Waals surface area contributed by atoms with Crippen LogP contribution in [0.3, 0.4) is 0 Å². The zero-order valence-electron chi connectivity index (χ0n) is 17.5. The number of nitriles is 1. The summed E-state index contributed by atoms with van der Waals surface area (Å²) in [5, 5.41) is 13.3. The Morgan fingerprint density at radius 2 is 2.06 bits per heavy atom. The highest BCUT2D eigenvalue weighted by Gasteiger charge is 2.43. The third-order valence-electron chi connectivity index (χ3n) is 5.15. The quantitative estimate of drug-likeness (QED) is 0.490. The molecular weight excluding hydrogens is 426 g/mol. The molecule has 1 aliphatic rings. The average molecular weight is 446 g/mol. The van der Waals surface area contributed by atoms with Gasteiger partial charge in [0, 0.05) is 5.69 Å². The summed E-state index contributed by atoms with van der Waals surface area (Å²) in [4.78, 5) is 44.2. The van der Waals surface area contributed by atoms with Gasteiger partial charge in [0.1, 0.15) is 17.3 Å². The Morgan fingerprint density at radius 3 is 2.81 bits per heavy atom. The number of ketones is 1. The number of fused-ring (bicyclic) bond motifs is 1. The number of nitrogens with zero attached hydrogens (tertiary/aromatic N) is 4. The molecule has 1 saturated heterocycles. The van der Waals surface area contributed by atoms with E-state index in [1.807, 2.05) is 56.3 Å². The first-order chi connectivity index (χ1) is 15.4. The number of carbonyl (C=O) groups is 3. The first-order valence-electron chi connectivity index (χ1n) is 9.89. The number of hydrazone groups is 1. The third kappa shape index (κ3) is 4.00. The van der Waals surface area contributed by atoms with E-state index >= 15 is 0 Å². The van der Waals surface area contributed by atoms with Crippen LogP contribution in [0.2, 0.25) is 0 Å². The van der Waals surface area contributed by atoms with Crippen LogP contribution in [0.4, 0.5) is 5.69 Å². The van der Waals surface area contributed by atoms with Crippen molar-refractivity contribution in [3.8, 4) is 6.07 Å². The van der Waals surface area contributed by atoms with Gasteiger partial charge in [0.25, 0.3) is 11.8 Å². The van der Waals surface area contributed by atoms with Crippen molar-refractivity contribution in [1.82, 2.24) is 10.4 Å². The molecule has 1 aliphatic heterocycles. The van der Waals surface area contributed by atoms with E-state index < -0.39 is 23.5 Å². The number of piperidine rings is 1. The highest BCUT2D eigenvalue weighted by molar-refractivity contribution is 7.19. The fourth-order valence-electron chi connectivity index (χ4n) is 3.55. The molecule has 160 valence electrons. The van der Waals surface area contributed by atoms with Gasteiger partial charge in [0.2, 0.25) is 5.78 Å². The maximum absolute atomic E-state index is 13.3. The molecule has 0 bridgehead atoms. The normalized spacial score (nSPS) is 17.6. The van der Waals surface area contributed by atoms with Crippen LogP contribution < -0.4 is 10.3 Å². The number of rotatable bonds is 4. The number of nitrogens with one attached hydrogen (secondary N) is 1. The van der Waals surface area contributed by atoms with E-state index in [1.165, 1.54) is 16.2 Å². The fourth-order valence-corrected chi connectivity index (χ4v) is 4.65. The van der Waals surface area contributed by atoms with E-state index in [0.29, 0.717) is 16.4 Å².